The SMILES string of the molecule is Br.CNC(=O)c1cc2c(cc1N(C)C)CN(CC(=O)c1ccc3c(c1)C(C)(C)CC(=O)N3CCCC(=O)O)C2=N. The van der Waals surface area contributed by atoms with E-state index >= 15 is 0 Å². The summed E-state index contributed by atoms with van der Waals surface area (Å²) in [5, 5.41) is 20.3. The Hall–Kier alpha value is -3.73. The van der Waals surface area contributed by atoms with Crippen molar-refractivity contribution in [2.45, 2.75) is 45.1 Å². The monoisotopic (exact) mass is 613 g/mol. The van der Waals surface area contributed by atoms with Gasteiger partial charge in [0.05, 0.1) is 12.1 Å². The van der Waals surface area contributed by atoms with E-state index in [0.29, 0.717) is 41.9 Å². The average Bonchev–Trinajstić information content (AvgIpc) is 3.17. The Morgan fingerprint density at radius 1 is 1.15 bits per heavy atom. The number of Topliss-reactive ketones (excluding diaryl/α,β-unsaturated/α-hetero) is 1. The van der Waals surface area contributed by atoms with Gasteiger partial charge in [-0.15, -0.1) is 17.0 Å². The number of aliphatic carboxylic acids is 1. The predicted octanol–water partition coefficient (Wildman–Crippen LogP) is 3.59. The minimum absolute atomic E-state index is 0. The maximum Gasteiger partial charge on any atom is 0.303 e. The number of fused-ring (bicyclic) bond motifs is 2. The molecule has 4 rings (SSSR count). The van der Waals surface area contributed by atoms with Crippen molar-refractivity contribution in [3.8, 4) is 0 Å². The van der Waals surface area contributed by atoms with E-state index < -0.39 is 11.4 Å². The van der Waals surface area contributed by atoms with Crippen LogP contribution in [0, 0.1) is 5.41 Å². The maximum atomic E-state index is 13.4. The molecule has 0 saturated carbocycles. The third-order valence-corrected chi connectivity index (χ3v) is 7.45. The van der Waals surface area contributed by atoms with Gasteiger partial charge >= 0.3 is 5.97 Å². The lowest BCUT2D eigenvalue weighted by molar-refractivity contribution is -0.137. The van der Waals surface area contributed by atoms with E-state index in [1.807, 2.05) is 45.0 Å². The quantitative estimate of drug-likeness (QED) is 0.368. The van der Waals surface area contributed by atoms with Gasteiger partial charge in [0.1, 0.15) is 5.84 Å². The molecule has 0 spiro atoms. The molecule has 0 saturated heterocycles. The van der Waals surface area contributed by atoms with Gasteiger partial charge in [0.2, 0.25) is 5.91 Å². The van der Waals surface area contributed by atoms with Crippen molar-refractivity contribution in [3.63, 3.8) is 0 Å². The number of hydrogen-bond donors (Lipinski definition) is 3. The van der Waals surface area contributed by atoms with E-state index in [2.05, 4.69) is 5.32 Å². The molecule has 2 amide bonds. The molecule has 2 aliphatic heterocycles. The smallest absolute Gasteiger partial charge is 0.303 e. The topological polar surface area (TPSA) is 134 Å². The van der Waals surface area contributed by atoms with Gasteiger partial charge in [0.15, 0.2) is 5.78 Å². The van der Waals surface area contributed by atoms with Gasteiger partial charge in [-0.2, -0.15) is 0 Å². The predicted molar refractivity (Wildman–Crippen MR) is 159 cm³/mol. The molecular weight excluding hydrogens is 578 g/mol. The van der Waals surface area contributed by atoms with Gasteiger partial charge in [-0.25, -0.2) is 0 Å². The first-order valence-electron chi connectivity index (χ1n) is 12.9. The molecule has 2 aromatic rings. The summed E-state index contributed by atoms with van der Waals surface area (Å²) in [6, 6.07) is 8.91. The zero-order valence-electron chi connectivity index (χ0n) is 23.5. The number of carbonyl (C=O) groups excluding carboxylic acids is 3. The second-order valence-electron chi connectivity index (χ2n) is 11.0. The summed E-state index contributed by atoms with van der Waals surface area (Å²) in [4.78, 5) is 54.9. The lowest BCUT2D eigenvalue weighted by Crippen LogP contribution is -2.42. The summed E-state index contributed by atoms with van der Waals surface area (Å²) in [7, 11) is 5.28. The van der Waals surface area contributed by atoms with Crippen LogP contribution in [0.4, 0.5) is 11.4 Å². The molecule has 0 atom stereocenters. The highest BCUT2D eigenvalue weighted by Crippen LogP contribution is 2.41. The van der Waals surface area contributed by atoms with Gasteiger partial charge in [-0.1, -0.05) is 13.8 Å². The maximum absolute atomic E-state index is 13.4. The lowest BCUT2D eigenvalue weighted by atomic mass is 9.76. The van der Waals surface area contributed by atoms with Crippen LogP contribution < -0.4 is 15.1 Å². The van der Waals surface area contributed by atoms with Crippen LogP contribution >= 0.6 is 17.0 Å². The zero-order chi connectivity index (χ0) is 28.6. The van der Waals surface area contributed by atoms with E-state index in [1.54, 1.807) is 35.0 Å². The molecule has 10 nitrogen and oxygen atoms in total. The van der Waals surface area contributed by atoms with Crippen molar-refractivity contribution < 1.29 is 24.3 Å². The largest absolute Gasteiger partial charge is 0.481 e. The highest BCUT2D eigenvalue weighted by molar-refractivity contribution is 8.93. The summed E-state index contributed by atoms with van der Waals surface area (Å²) in [5.74, 6) is -1.16. The second kappa shape index (κ2) is 11.8. The molecule has 40 heavy (non-hydrogen) atoms. The Bertz CT molecular complexity index is 1390. The normalized spacial score (nSPS) is 15.2. The number of carboxylic acids is 1. The Balaban J connectivity index is 0.00000441. The number of amidine groups is 1. The molecule has 0 unspecified atom stereocenters. The van der Waals surface area contributed by atoms with Crippen LogP contribution in [-0.2, 0) is 21.5 Å². The third kappa shape index (κ3) is 5.89. The van der Waals surface area contributed by atoms with Crippen LogP contribution in [0.5, 0.6) is 0 Å². The number of halogens is 1. The molecule has 2 aliphatic rings. The van der Waals surface area contributed by atoms with Gasteiger partial charge in [0, 0.05) is 75.0 Å². The molecule has 0 bridgehead atoms. The van der Waals surface area contributed by atoms with Crippen molar-refractivity contribution in [3.05, 3.63) is 58.1 Å². The summed E-state index contributed by atoms with van der Waals surface area (Å²) < 4.78 is 0. The van der Waals surface area contributed by atoms with Crippen molar-refractivity contribution in [1.82, 2.24) is 10.2 Å². The number of ketones is 1. The summed E-state index contributed by atoms with van der Waals surface area (Å²) in [5.41, 5.74) is 4.31. The van der Waals surface area contributed by atoms with E-state index in [-0.39, 0.29) is 59.8 Å². The van der Waals surface area contributed by atoms with Gasteiger partial charge < -0.3 is 25.1 Å². The molecule has 2 heterocycles. The summed E-state index contributed by atoms with van der Waals surface area (Å²) >= 11 is 0. The van der Waals surface area contributed by atoms with Crippen molar-refractivity contribution in [1.29, 1.82) is 5.41 Å². The van der Waals surface area contributed by atoms with E-state index in [9.17, 15) is 19.2 Å². The Kier molecular flexibility index (Phi) is 9.08. The Morgan fingerprint density at radius 3 is 2.48 bits per heavy atom. The van der Waals surface area contributed by atoms with Gasteiger partial charge in [0.25, 0.3) is 5.91 Å². The molecule has 214 valence electrons. The van der Waals surface area contributed by atoms with E-state index in [1.165, 1.54) is 0 Å². The van der Waals surface area contributed by atoms with E-state index in [0.717, 1.165) is 16.8 Å². The van der Waals surface area contributed by atoms with Crippen molar-refractivity contribution in [2.75, 3.05) is 44.0 Å². The lowest BCUT2D eigenvalue weighted by Gasteiger charge is -2.39. The molecule has 11 heteroatoms. The number of carboxylic acid groups (broad SMARTS) is 1. The number of rotatable bonds is 9. The molecule has 0 aliphatic carbocycles. The Labute approximate surface area is 244 Å². The average molecular weight is 615 g/mol. The first-order valence-corrected chi connectivity index (χ1v) is 12.9. The highest BCUT2D eigenvalue weighted by atomic mass is 79.9. The summed E-state index contributed by atoms with van der Waals surface area (Å²) in [6.45, 7) is 4.62. The first-order chi connectivity index (χ1) is 18.3. The van der Waals surface area contributed by atoms with Crippen LogP contribution in [-0.4, -0.2) is 73.6 Å². The van der Waals surface area contributed by atoms with Crippen LogP contribution in [0.15, 0.2) is 30.3 Å². The molecular formula is C29H36BrN5O5. The first kappa shape index (κ1) is 30.8. The number of nitrogens with one attached hydrogen (secondary N) is 2. The van der Waals surface area contributed by atoms with E-state index in [4.69, 9.17) is 10.5 Å². The Morgan fingerprint density at radius 2 is 1.85 bits per heavy atom. The van der Waals surface area contributed by atoms with Crippen LogP contribution in [0.25, 0.3) is 0 Å². The standard InChI is InChI=1S/C29H35N5O5.BrH/c1-29(2)14-25(36)34(10-6-7-26(37)38)22-9-8-17(11-21(22)29)24(35)16-33-15-18-12-23(32(4)5)20(28(39)31-3)13-19(18)27(33)30;/h8-9,11-13,30H,6-7,10,14-16H2,1-5H3,(H,31,39)(H,37,38);1H. The number of amides is 2. The number of carbonyl (C=O) groups is 4. The minimum Gasteiger partial charge on any atom is -0.481 e. The van der Waals surface area contributed by atoms with Crippen LogP contribution in [0.3, 0.4) is 0 Å². The van der Waals surface area contributed by atoms with Gasteiger partial charge in [-0.3, -0.25) is 24.6 Å². The molecule has 0 aromatic heterocycles. The molecule has 0 fully saturated rings. The fourth-order valence-electron chi connectivity index (χ4n) is 5.35. The van der Waals surface area contributed by atoms with Crippen molar-refractivity contribution >= 4 is 57.8 Å². The zero-order valence-corrected chi connectivity index (χ0v) is 25.2. The molecule has 0 radical (unpaired) electrons. The van der Waals surface area contributed by atoms with Crippen LogP contribution in [0.1, 0.15) is 70.5 Å². The molecule has 2 aromatic carbocycles. The summed E-state index contributed by atoms with van der Waals surface area (Å²) in [6.07, 6.45) is 0.582. The minimum atomic E-state index is -0.904. The highest BCUT2D eigenvalue weighted by Gasteiger charge is 2.37. The number of benzene rings is 2. The van der Waals surface area contributed by atoms with Crippen LogP contribution in [0.2, 0.25) is 0 Å². The van der Waals surface area contributed by atoms with Gasteiger partial charge in [-0.05, 0) is 47.9 Å². The second-order valence-corrected chi connectivity index (χ2v) is 11.0. The fourth-order valence-corrected chi connectivity index (χ4v) is 5.35. The number of nitrogens with zero attached hydrogens (tertiary/aromatic N) is 3. The third-order valence-electron chi connectivity index (χ3n) is 7.45. The number of hydrogen-bond acceptors (Lipinski definition) is 6. The fraction of sp³-hybridized carbons (Fsp3) is 0.414. The van der Waals surface area contributed by atoms with Crippen molar-refractivity contribution in [2.24, 2.45) is 0 Å². The number of anilines is 2. The molecule has 3 N–H and O–H groups in total.